The van der Waals surface area contributed by atoms with Crippen LogP contribution in [0, 0.1) is 19.8 Å². The van der Waals surface area contributed by atoms with Crippen LogP contribution < -0.4 is 4.74 Å². The number of likely N-dealkylation sites (tertiary alicyclic amines) is 1. The summed E-state index contributed by atoms with van der Waals surface area (Å²) in [7, 11) is 0. The van der Waals surface area contributed by atoms with Crippen molar-refractivity contribution in [3.63, 3.8) is 0 Å². The first-order valence-electron chi connectivity index (χ1n) is 9.02. The largest absolute Gasteiger partial charge is 0.490 e. The first-order chi connectivity index (χ1) is 11.0. The van der Waals surface area contributed by atoms with Gasteiger partial charge in [-0.25, -0.2) is 0 Å². The van der Waals surface area contributed by atoms with E-state index >= 15 is 0 Å². The monoisotopic (exact) mass is 317 g/mol. The van der Waals surface area contributed by atoms with Crippen LogP contribution in [0.4, 0.5) is 0 Å². The van der Waals surface area contributed by atoms with E-state index in [0.29, 0.717) is 18.2 Å². The smallest absolute Gasteiger partial charge is 0.222 e. The molecule has 0 aliphatic carbocycles. The number of aryl methyl sites for hydroxylation is 2. The molecule has 1 fully saturated rings. The Balaban J connectivity index is 1.83. The summed E-state index contributed by atoms with van der Waals surface area (Å²) in [6.45, 7) is 10.2. The Morgan fingerprint density at radius 1 is 1.26 bits per heavy atom. The van der Waals surface area contributed by atoms with Crippen LogP contribution in [0.1, 0.15) is 57.1 Å². The zero-order valence-electron chi connectivity index (χ0n) is 15.1. The number of carbonyl (C=O) groups excluding carboxylic acids is 1. The second-order valence-corrected chi connectivity index (χ2v) is 7.02. The third kappa shape index (κ3) is 4.98. The van der Waals surface area contributed by atoms with Crippen molar-refractivity contribution in [2.75, 3.05) is 13.1 Å². The lowest BCUT2D eigenvalue weighted by Gasteiger charge is -2.33. The number of nitrogens with zero attached hydrogens (tertiary/aromatic N) is 1. The topological polar surface area (TPSA) is 29.5 Å². The first kappa shape index (κ1) is 17.8. The average Bonchev–Trinajstić information content (AvgIpc) is 2.52. The summed E-state index contributed by atoms with van der Waals surface area (Å²) in [5.74, 6) is 1.83. The van der Waals surface area contributed by atoms with E-state index < -0.39 is 0 Å². The van der Waals surface area contributed by atoms with Crippen LogP contribution in [0.25, 0.3) is 0 Å². The number of ether oxygens (including phenoxy) is 1. The fourth-order valence-electron chi connectivity index (χ4n) is 3.40. The van der Waals surface area contributed by atoms with Gasteiger partial charge in [0.05, 0.1) is 0 Å². The molecule has 1 amide bonds. The maximum Gasteiger partial charge on any atom is 0.222 e. The van der Waals surface area contributed by atoms with Crippen LogP contribution in [0.15, 0.2) is 18.2 Å². The SMILES string of the molecule is CCCC(C)CC(=O)N1CCC(Oc2c(C)cccc2C)CC1. The van der Waals surface area contributed by atoms with Gasteiger partial charge in [-0.1, -0.05) is 44.9 Å². The number of rotatable bonds is 6. The number of hydrogen-bond donors (Lipinski definition) is 0. The van der Waals surface area contributed by atoms with E-state index in [4.69, 9.17) is 4.74 Å². The number of piperidine rings is 1. The van der Waals surface area contributed by atoms with Crippen molar-refractivity contribution in [3.8, 4) is 5.75 Å². The molecule has 1 aliphatic rings. The number of amides is 1. The molecule has 0 saturated carbocycles. The van der Waals surface area contributed by atoms with E-state index in [1.807, 2.05) is 4.90 Å². The van der Waals surface area contributed by atoms with Crippen molar-refractivity contribution in [1.29, 1.82) is 0 Å². The summed E-state index contributed by atoms with van der Waals surface area (Å²) in [5.41, 5.74) is 2.38. The van der Waals surface area contributed by atoms with E-state index in [2.05, 4.69) is 45.9 Å². The Morgan fingerprint density at radius 3 is 2.43 bits per heavy atom. The molecule has 0 aromatic heterocycles. The van der Waals surface area contributed by atoms with E-state index in [1.54, 1.807) is 0 Å². The molecule has 3 nitrogen and oxygen atoms in total. The van der Waals surface area contributed by atoms with E-state index in [9.17, 15) is 4.79 Å². The minimum absolute atomic E-state index is 0.229. The lowest BCUT2D eigenvalue weighted by molar-refractivity contribution is -0.133. The van der Waals surface area contributed by atoms with Gasteiger partial charge in [0.25, 0.3) is 0 Å². The van der Waals surface area contributed by atoms with Gasteiger partial charge < -0.3 is 9.64 Å². The predicted octanol–water partition coefficient (Wildman–Crippen LogP) is 4.50. The highest BCUT2D eigenvalue weighted by atomic mass is 16.5. The number of hydrogen-bond acceptors (Lipinski definition) is 2. The Labute approximate surface area is 141 Å². The van der Waals surface area contributed by atoms with Gasteiger partial charge in [-0.15, -0.1) is 0 Å². The van der Waals surface area contributed by atoms with Crippen molar-refractivity contribution < 1.29 is 9.53 Å². The molecule has 1 aliphatic heterocycles. The molecular formula is C20H31NO2. The third-order valence-corrected chi connectivity index (χ3v) is 4.79. The van der Waals surface area contributed by atoms with Crippen molar-refractivity contribution in [3.05, 3.63) is 29.3 Å². The van der Waals surface area contributed by atoms with Gasteiger partial charge >= 0.3 is 0 Å². The van der Waals surface area contributed by atoms with Crippen LogP contribution in [-0.2, 0) is 4.79 Å². The molecule has 0 spiro atoms. The molecule has 1 aromatic carbocycles. The summed E-state index contributed by atoms with van der Waals surface area (Å²) >= 11 is 0. The predicted molar refractivity (Wildman–Crippen MR) is 94.8 cm³/mol. The highest BCUT2D eigenvalue weighted by Gasteiger charge is 2.25. The molecule has 1 unspecified atom stereocenters. The van der Waals surface area contributed by atoms with Gasteiger partial charge in [0.1, 0.15) is 11.9 Å². The van der Waals surface area contributed by atoms with Crippen LogP contribution in [0.2, 0.25) is 0 Å². The fraction of sp³-hybridized carbons (Fsp3) is 0.650. The van der Waals surface area contributed by atoms with E-state index in [0.717, 1.165) is 44.5 Å². The van der Waals surface area contributed by atoms with Gasteiger partial charge in [-0.3, -0.25) is 4.79 Å². The minimum Gasteiger partial charge on any atom is -0.490 e. The van der Waals surface area contributed by atoms with Crippen molar-refractivity contribution in [2.45, 2.75) is 65.9 Å². The Morgan fingerprint density at radius 2 is 1.87 bits per heavy atom. The molecule has 0 N–H and O–H groups in total. The summed E-state index contributed by atoms with van der Waals surface area (Å²) < 4.78 is 6.23. The second-order valence-electron chi connectivity index (χ2n) is 7.02. The Hall–Kier alpha value is -1.51. The maximum absolute atomic E-state index is 12.3. The van der Waals surface area contributed by atoms with Crippen molar-refractivity contribution >= 4 is 5.91 Å². The van der Waals surface area contributed by atoms with Crippen molar-refractivity contribution in [2.24, 2.45) is 5.92 Å². The standard InChI is InChI=1S/C20H31NO2/c1-5-7-15(2)14-19(22)21-12-10-18(11-13-21)23-20-16(3)8-6-9-17(20)4/h6,8-9,15,18H,5,7,10-14H2,1-4H3. The molecule has 3 heteroatoms. The maximum atomic E-state index is 12.3. The van der Waals surface area contributed by atoms with Crippen LogP contribution in [0.3, 0.4) is 0 Å². The second kappa shape index (κ2) is 8.37. The minimum atomic E-state index is 0.229. The number of benzene rings is 1. The first-order valence-corrected chi connectivity index (χ1v) is 9.02. The summed E-state index contributed by atoms with van der Waals surface area (Å²) in [5, 5.41) is 0. The van der Waals surface area contributed by atoms with E-state index in [1.165, 1.54) is 11.1 Å². The van der Waals surface area contributed by atoms with E-state index in [-0.39, 0.29) is 6.10 Å². The Bertz CT molecular complexity index is 498. The zero-order chi connectivity index (χ0) is 16.8. The summed E-state index contributed by atoms with van der Waals surface area (Å²) in [6.07, 6.45) is 5.07. The lowest BCUT2D eigenvalue weighted by atomic mass is 10.00. The van der Waals surface area contributed by atoms with Gasteiger partial charge in [-0.2, -0.15) is 0 Å². The van der Waals surface area contributed by atoms with Gasteiger partial charge in [-0.05, 0) is 30.9 Å². The fourth-order valence-corrected chi connectivity index (χ4v) is 3.40. The molecule has 2 rings (SSSR count). The van der Waals surface area contributed by atoms with Crippen molar-refractivity contribution in [1.82, 2.24) is 4.90 Å². The van der Waals surface area contributed by atoms with Gasteiger partial charge in [0.15, 0.2) is 0 Å². The molecule has 0 bridgehead atoms. The molecule has 1 saturated heterocycles. The third-order valence-electron chi connectivity index (χ3n) is 4.79. The van der Waals surface area contributed by atoms with Crippen LogP contribution in [-0.4, -0.2) is 30.0 Å². The zero-order valence-corrected chi connectivity index (χ0v) is 15.1. The normalized spacial score (nSPS) is 17.1. The number of para-hydroxylation sites is 1. The highest BCUT2D eigenvalue weighted by molar-refractivity contribution is 5.76. The molecular weight excluding hydrogens is 286 g/mol. The Kier molecular flexibility index (Phi) is 6.49. The summed E-state index contributed by atoms with van der Waals surface area (Å²) in [4.78, 5) is 14.4. The quantitative estimate of drug-likeness (QED) is 0.773. The molecule has 1 atom stereocenters. The van der Waals surface area contributed by atoms with Gasteiger partial charge in [0.2, 0.25) is 5.91 Å². The van der Waals surface area contributed by atoms with Crippen LogP contribution in [0.5, 0.6) is 5.75 Å². The lowest BCUT2D eigenvalue weighted by Crippen LogP contribution is -2.42. The number of carbonyl (C=O) groups is 1. The van der Waals surface area contributed by atoms with Crippen LogP contribution >= 0.6 is 0 Å². The average molecular weight is 317 g/mol. The molecule has 23 heavy (non-hydrogen) atoms. The molecule has 1 aromatic rings. The molecule has 0 radical (unpaired) electrons. The highest BCUT2D eigenvalue weighted by Crippen LogP contribution is 2.26. The van der Waals surface area contributed by atoms with Gasteiger partial charge in [0, 0.05) is 32.4 Å². The summed E-state index contributed by atoms with van der Waals surface area (Å²) in [6, 6.07) is 6.25. The molecule has 1 heterocycles. The molecule has 128 valence electrons.